The molecule has 1 atom stereocenters. The number of β-amino-alcohol motifs (C(OH)–C–C–N with tert-alkyl or cyclic N) is 1. The van der Waals surface area contributed by atoms with Crippen molar-refractivity contribution in [1.82, 2.24) is 15.5 Å². The maximum absolute atomic E-state index is 12.2. The number of amides is 2. The van der Waals surface area contributed by atoms with Gasteiger partial charge in [-0.15, -0.1) is 0 Å². The molecule has 4 N–H and O–H groups in total. The van der Waals surface area contributed by atoms with Gasteiger partial charge >= 0.3 is 6.03 Å². The molecular formula is C17H26N4O2. The van der Waals surface area contributed by atoms with E-state index in [0.29, 0.717) is 19.1 Å². The SMILES string of the molecule is O=C(Nc1ccccc1)N1CCC(NC[C@@]2(O)CCNC2)CC1. The van der Waals surface area contributed by atoms with Crippen LogP contribution in [0.2, 0.25) is 0 Å². The third-order valence-electron chi connectivity index (χ3n) is 4.75. The van der Waals surface area contributed by atoms with Crippen molar-refractivity contribution in [2.45, 2.75) is 30.9 Å². The van der Waals surface area contributed by atoms with Gasteiger partial charge in [-0.05, 0) is 37.9 Å². The second kappa shape index (κ2) is 7.29. The molecule has 2 fully saturated rings. The van der Waals surface area contributed by atoms with Gasteiger partial charge in [0.25, 0.3) is 0 Å². The molecule has 0 saturated carbocycles. The zero-order valence-corrected chi connectivity index (χ0v) is 13.4. The number of rotatable bonds is 4. The van der Waals surface area contributed by atoms with Crippen LogP contribution in [0.5, 0.6) is 0 Å². The first-order valence-corrected chi connectivity index (χ1v) is 8.42. The number of nitrogens with zero attached hydrogens (tertiary/aromatic N) is 1. The molecule has 23 heavy (non-hydrogen) atoms. The number of aliphatic hydroxyl groups is 1. The summed E-state index contributed by atoms with van der Waals surface area (Å²) in [5, 5.41) is 19.9. The van der Waals surface area contributed by atoms with Gasteiger partial charge in [-0.3, -0.25) is 0 Å². The third kappa shape index (κ3) is 4.43. The summed E-state index contributed by atoms with van der Waals surface area (Å²) in [6.07, 6.45) is 2.65. The molecule has 0 spiro atoms. The molecule has 0 radical (unpaired) electrons. The van der Waals surface area contributed by atoms with Crippen LogP contribution in [0, 0.1) is 0 Å². The van der Waals surface area contributed by atoms with E-state index in [1.165, 1.54) is 0 Å². The highest BCUT2D eigenvalue weighted by Crippen LogP contribution is 2.16. The first-order valence-electron chi connectivity index (χ1n) is 8.42. The van der Waals surface area contributed by atoms with Crippen molar-refractivity contribution < 1.29 is 9.90 Å². The zero-order valence-electron chi connectivity index (χ0n) is 13.4. The Hall–Kier alpha value is -1.63. The van der Waals surface area contributed by atoms with Crippen LogP contribution in [0.3, 0.4) is 0 Å². The molecule has 3 rings (SSSR count). The summed E-state index contributed by atoms with van der Waals surface area (Å²) >= 11 is 0. The predicted molar refractivity (Wildman–Crippen MR) is 90.5 cm³/mol. The molecule has 0 unspecified atom stereocenters. The van der Waals surface area contributed by atoms with E-state index in [4.69, 9.17) is 0 Å². The van der Waals surface area contributed by atoms with Crippen molar-refractivity contribution in [2.24, 2.45) is 0 Å². The van der Waals surface area contributed by atoms with Crippen molar-refractivity contribution in [3.8, 4) is 0 Å². The number of likely N-dealkylation sites (tertiary alicyclic amines) is 1. The Morgan fingerprint density at radius 3 is 2.70 bits per heavy atom. The van der Waals surface area contributed by atoms with E-state index in [1.807, 2.05) is 35.2 Å². The average molecular weight is 318 g/mol. The van der Waals surface area contributed by atoms with Crippen LogP contribution in [-0.4, -0.2) is 60.4 Å². The monoisotopic (exact) mass is 318 g/mol. The fourth-order valence-corrected chi connectivity index (χ4v) is 3.23. The minimum absolute atomic E-state index is 0.0340. The lowest BCUT2D eigenvalue weighted by Gasteiger charge is -2.34. The lowest BCUT2D eigenvalue weighted by Crippen LogP contribution is -2.50. The number of carbonyl (C=O) groups is 1. The Kier molecular flexibility index (Phi) is 5.15. The number of nitrogens with one attached hydrogen (secondary N) is 3. The molecule has 0 aliphatic carbocycles. The number of piperidine rings is 1. The van der Waals surface area contributed by atoms with E-state index < -0.39 is 5.60 Å². The van der Waals surface area contributed by atoms with Gasteiger partial charge < -0.3 is 26.0 Å². The van der Waals surface area contributed by atoms with E-state index in [9.17, 15) is 9.90 Å². The number of hydrogen-bond acceptors (Lipinski definition) is 4. The highest BCUT2D eigenvalue weighted by molar-refractivity contribution is 5.89. The maximum Gasteiger partial charge on any atom is 0.321 e. The fourth-order valence-electron chi connectivity index (χ4n) is 3.23. The Labute approximate surface area is 137 Å². The average Bonchev–Trinajstić information content (AvgIpc) is 3.01. The number of hydrogen-bond donors (Lipinski definition) is 4. The predicted octanol–water partition coefficient (Wildman–Crippen LogP) is 0.997. The van der Waals surface area contributed by atoms with Crippen LogP contribution >= 0.6 is 0 Å². The molecule has 1 aromatic carbocycles. The minimum Gasteiger partial charge on any atom is -0.387 e. The van der Waals surface area contributed by atoms with E-state index in [1.54, 1.807) is 0 Å². The van der Waals surface area contributed by atoms with Crippen LogP contribution in [0.1, 0.15) is 19.3 Å². The highest BCUT2D eigenvalue weighted by Gasteiger charge is 2.32. The molecule has 2 amide bonds. The van der Waals surface area contributed by atoms with E-state index in [0.717, 1.165) is 44.6 Å². The van der Waals surface area contributed by atoms with Crippen LogP contribution in [0.25, 0.3) is 0 Å². The second-order valence-electron chi connectivity index (χ2n) is 6.59. The normalized spacial score (nSPS) is 25.5. The summed E-state index contributed by atoms with van der Waals surface area (Å²) in [4.78, 5) is 14.1. The van der Waals surface area contributed by atoms with Gasteiger partial charge in [-0.2, -0.15) is 0 Å². The lowest BCUT2D eigenvalue weighted by atomic mass is 10.0. The van der Waals surface area contributed by atoms with Gasteiger partial charge in [0.05, 0.1) is 5.60 Å². The molecule has 0 aromatic heterocycles. The molecular weight excluding hydrogens is 292 g/mol. The van der Waals surface area contributed by atoms with Crippen molar-refractivity contribution >= 4 is 11.7 Å². The number of carbonyl (C=O) groups excluding carboxylic acids is 1. The van der Waals surface area contributed by atoms with Gasteiger partial charge in [-0.1, -0.05) is 18.2 Å². The van der Waals surface area contributed by atoms with Crippen molar-refractivity contribution in [1.29, 1.82) is 0 Å². The van der Waals surface area contributed by atoms with Crippen LogP contribution < -0.4 is 16.0 Å². The third-order valence-corrected chi connectivity index (χ3v) is 4.75. The molecule has 2 aliphatic rings. The zero-order chi connectivity index (χ0) is 16.1. The molecule has 126 valence electrons. The summed E-state index contributed by atoms with van der Waals surface area (Å²) < 4.78 is 0. The fraction of sp³-hybridized carbons (Fsp3) is 0.588. The smallest absolute Gasteiger partial charge is 0.321 e. The quantitative estimate of drug-likeness (QED) is 0.668. The molecule has 6 nitrogen and oxygen atoms in total. The molecule has 0 bridgehead atoms. The van der Waals surface area contributed by atoms with Gasteiger partial charge in [0.1, 0.15) is 0 Å². The molecule has 1 aromatic rings. The Morgan fingerprint density at radius 1 is 1.30 bits per heavy atom. The lowest BCUT2D eigenvalue weighted by molar-refractivity contribution is 0.0552. The van der Waals surface area contributed by atoms with Gasteiger partial charge in [-0.25, -0.2) is 4.79 Å². The first-order chi connectivity index (χ1) is 11.1. The highest BCUT2D eigenvalue weighted by atomic mass is 16.3. The van der Waals surface area contributed by atoms with Crippen molar-refractivity contribution in [3.63, 3.8) is 0 Å². The summed E-state index contributed by atoms with van der Waals surface area (Å²) in [6.45, 7) is 3.66. The Morgan fingerprint density at radius 2 is 2.04 bits per heavy atom. The van der Waals surface area contributed by atoms with Gasteiger partial charge in [0.2, 0.25) is 0 Å². The number of para-hydroxylation sites is 1. The standard InChI is InChI=1S/C17H26N4O2/c22-16(20-15-4-2-1-3-5-15)21-10-6-14(7-11-21)19-13-17(23)8-9-18-12-17/h1-5,14,18-19,23H,6-13H2,(H,20,22)/t17-/m1/s1. The molecule has 2 saturated heterocycles. The number of urea groups is 1. The van der Waals surface area contributed by atoms with Crippen LogP contribution in [-0.2, 0) is 0 Å². The minimum atomic E-state index is -0.609. The van der Waals surface area contributed by atoms with Gasteiger partial charge in [0.15, 0.2) is 0 Å². The van der Waals surface area contributed by atoms with Crippen molar-refractivity contribution in [2.75, 3.05) is 38.0 Å². The summed E-state index contributed by atoms with van der Waals surface area (Å²) in [6, 6.07) is 9.88. The summed E-state index contributed by atoms with van der Waals surface area (Å²) in [5.74, 6) is 0. The maximum atomic E-state index is 12.2. The second-order valence-corrected chi connectivity index (χ2v) is 6.59. The molecule has 2 heterocycles. The topological polar surface area (TPSA) is 76.6 Å². The Balaban J connectivity index is 1.40. The molecule has 2 aliphatic heterocycles. The van der Waals surface area contributed by atoms with E-state index in [-0.39, 0.29) is 6.03 Å². The largest absolute Gasteiger partial charge is 0.387 e. The van der Waals surface area contributed by atoms with Gasteiger partial charge in [0, 0.05) is 37.9 Å². The van der Waals surface area contributed by atoms with Crippen LogP contribution in [0.4, 0.5) is 10.5 Å². The van der Waals surface area contributed by atoms with E-state index in [2.05, 4.69) is 16.0 Å². The van der Waals surface area contributed by atoms with Crippen molar-refractivity contribution in [3.05, 3.63) is 30.3 Å². The van der Waals surface area contributed by atoms with Crippen LogP contribution in [0.15, 0.2) is 30.3 Å². The Bertz CT molecular complexity index is 509. The first kappa shape index (κ1) is 16.2. The number of benzene rings is 1. The van der Waals surface area contributed by atoms with E-state index >= 15 is 0 Å². The summed E-state index contributed by atoms with van der Waals surface area (Å²) in [7, 11) is 0. The molecule has 6 heteroatoms. The summed E-state index contributed by atoms with van der Waals surface area (Å²) in [5.41, 5.74) is 0.218. The number of anilines is 1.